The van der Waals surface area contributed by atoms with Crippen LogP contribution in [-0.2, 0) is 0 Å². The van der Waals surface area contributed by atoms with E-state index in [0.29, 0.717) is 26.6 Å². The highest BCUT2D eigenvalue weighted by Crippen LogP contribution is 2.27. The Labute approximate surface area is 109 Å². The lowest BCUT2D eigenvalue weighted by molar-refractivity contribution is -0.355. The Morgan fingerprint density at radius 2 is 1.67 bits per heavy atom. The van der Waals surface area contributed by atoms with Crippen LogP contribution in [0.15, 0.2) is 48.5 Å². The van der Waals surface area contributed by atoms with Gasteiger partial charge >= 0.3 is 0 Å². The Morgan fingerprint density at radius 3 is 2.33 bits per heavy atom. The van der Waals surface area contributed by atoms with E-state index in [-0.39, 0.29) is 11.5 Å². The van der Waals surface area contributed by atoms with E-state index >= 15 is 0 Å². The number of para-hydroxylation sites is 1. The molecule has 2 aromatic rings. The van der Waals surface area contributed by atoms with Gasteiger partial charge in [0.1, 0.15) is 5.56 Å². The lowest BCUT2D eigenvalue weighted by Crippen LogP contribution is -2.16. The molecular formula is C14H8ClNO2. The molecule has 0 aromatic heterocycles. The minimum atomic E-state index is -0.247. The maximum Gasteiger partial charge on any atom is 0.272 e. The van der Waals surface area contributed by atoms with Gasteiger partial charge in [0.2, 0.25) is 5.69 Å². The fourth-order valence-electron chi connectivity index (χ4n) is 2.04. The molecule has 0 unspecified atom stereocenters. The molecule has 0 aliphatic carbocycles. The second-order valence-electron chi connectivity index (χ2n) is 4.00. The first-order valence-electron chi connectivity index (χ1n) is 5.42. The van der Waals surface area contributed by atoms with Gasteiger partial charge in [0.15, 0.2) is 0 Å². The minimum absolute atomic E-state index is 0.146. The minimum Gasteiger partial charge on any atom is -0.618 e. The van der Waals surface area contributed by atoms with Crippen LogP contribution in [0.4, 0.5) is 5.69 Å². The molecule has 18 heavy (non-hydrogen) atoms. The zero-order chi connectivity index (χ0) is 12.7. The SMILES string of the molecule is O=C1C(c2ccc(Cl)cc2)=[N+]([O-])c2ccccc21. The van der Waals surface area contributed by atoms with Gasteiger partial charge in [-0.1, -0.05) is 23.7 Å². The number of carbonyl (C=O) groups excluding carboxylic acids is 1. The molecule has 0 N–H and O–H groups in total. The predicted molar refractivity (Wildman–Crippen MR) is 69.6 cm³/mol. The van der Waals surface area contributed by atoms with Crippen molar-refractivity contribution in [3.8, 4) is 0 Å². The maximum absolute atomic E-state index is 12.2. The van der Waals surface area contributed by atoms with Gasteiger partial charge in [-0.15, -0.1) is 0 Å². The number of nitrogens with zero attached hydrogens (tertiary/aromatic N) is 1. The van der Waals surface area contributed by atoms with Crippen molar-refractivity contribution in [2.75, 3.05) is 0 Å². The lowest BCUT2D eigenvalue weighted by atomic mass is 10.0. The third-order valence-corrected chi connectivity index (χ3v) is 3.16. The Balaban J connectivity index is 2.18. The van der Waals surface area contributed by atoms with E-state index in [4.69, 9.17) is 11.6 Å². The zero-order valence-corrected chi connectivity index (χ0v) is 10.0. The largest absolute Gasteiger partial charge is 0.618 e. The first kappa shape index (κ1) is 11.0. The predicted octanol–water partition coefficient (Wildman–Crippen LogP) is 3.17. The molecule has 4 heteroatoms. The van der Waals surface area contributed by atoms with E-state index < -0.39 is 0 Å². The molecule has 1 aliphatic heterocycles. The Morgan fingerprint density at radius 1 is 1.00 bits per heavy atom. The van der Waals surface area contributed by atoms with Crippen molar-refractivity contribution in [2.24, 2.45) is 0 Å². The number of fused-ring (bicyclic) bond motifs is 1. The molecule has 2 aromatic carbocycles. The first-order valence-corrected chi connectivity index (χ1v) is 5.80. The lowest BCUT2D eigenvalue weighted by Gasteiger charge is -2.01. The molecule has 0 saturated heterocycles. The van der Waals surface area contributed by atoms with Crippen LogP contribution < -0.4 is 0 Å². The Kier molecular flexibility index (Phi) is 2.42. The number of hydrogen-bond donors (Lipinski definition) is 0. The van der Waals surface area contributed by atoms with Crippen molar-refractivity contribution in [1.82, 2.24) is 0 Å². The average Bonchev–Trinajstić information content (AvgIpc) is 2.64. The van der Waals surface area contributed by atoms with Crippen molar-refractivity contribution in [2.45, 2.75) is 0 Å². The van der Waals surface area contributed by atoms with Gasteiger partial charge in [-0.25, -0.2) is 0 Å². The molecule has 3 rings (SSSR count). The fourth-order valence-corrected chi connectivity index (χ4v) is 2.17. The highest BCUT2D eigenvalue weighted by Gasteiger charge is 2.35. The molecule has 1 aliphatic rings. The second kappa shape index (κ2) is 3.96. The summed E-state index contributed by atoms with van der Waals surface area (Å²) < 4.78 is 0.681. The maximum atomic E-state index is 12.2. The van der Waals surface area contributed by atoms with Gasteiger partial charge in [0.25, 0.3) is 11.5 Å². The normalized spacial score (nSPS) is 13.9. The molecule has 3 nitrogen and oxygen atoms in total. The van der Waals surface area contributed by atoms with Crippen LogP contribution in [0.3, 0.4) is 0 Å². The standard InChI is InChI=1S/C14H8ClNO2/c15-10-7-5-9(6-8-10)13-14(17)11-3-1-2-4-12(11)16(13)18/h1-8H. The van der Waals surface area contributed by atoms with E-state index in [9.17, 15) is 10.0 Å². The average molecular weight is 258 g/mol. The van der Waals surface area contributed by atoms with Crippen LogP contribution in [0, 0.1) is 5.21 Å². The van der Waals surface area contributed by atoms with Crippen molar-refractivity contribution in [1.29, 1.82) is 0 Å². The van der Waals surface area contributed by atoms with Crippen molar-refractivity contribution in [3.63, 3.8) is 0 Å². The number of halogens is 1. The summed E-state index contributed by atoms with van der Waals surface area (Å²) in [5.41, 5.74) is 1.56. The van der Waals surface area contributed by atoms with Crippen LogP contribution >= 0.6 is 11.6 Å². The van der Waals surface area contributed by atoms with Crippen molar-refractivity contribution >= 4 is 28.8 Å². The van der Waals surface area contributed by atoms with Crippen LogP contribution in [-0.4, -0.2) is 16.2 Å². The highest BCUT2D eigenvalue weighted by atomic mass is 35.5. The summed E-state index contributed by atoms with van der Waals surface area (Å²) in [6.07, 6.45) is 0. The molecule has 0 saturated carbocycles. The van der Waals surface area contributed by atoms with Crippen LogP contribution in [0.5, 0.6) is 0 Å². The zero-order valence-electron chi connectivity index (χ0n) is 9.26. The number of benzene rings is 2. The summed E-state index contributed by atoms with van der Waals surface area (Å²) in [5.74, 6) is -0.247. The molecule has 0 radical (unpaired) electrons. The third kappa shape index (κ3) is 1.52. The molecule has 88 valence electrons. The van der Waals surface area contributed by atoms with Crippen LogP contribution in [0.25, 0.3) is 0 Å². The Hall–Kier alpha value is -2.13. The van der Waals surface area contributed by atoms with Crippen molar-refractivity contribution in [3.05, 3.63) is 69.9 Å². The van der Waals surface area contributed by atoms with Gasteiger partial charge in [0, 0.05) is 11.1 Å². The summed E-state index contributed by atoms with van der Waals surface area (Å²) in [6, 6.07) is 13.5. The van der Waals surface area contributed by atoms with Gasteiger partial charge in [-0.3, -0.25) is 4.79 Å². The van der Waals surface area contributed by atoms with Crippen LogP contribution in [0.1, 0.15) is 15.9 Å². The topological polar surface area (TPSA) is 43.1 Å². The summed E-state index contributed by atoms with van der Waals surface area (Å²) >= 11 is 5.79. The smallest absolute Gasteiger partial charge is 0.272 e. The van der Waals surface area contributed by atoms with Gasteiger partial charge in [-0.2, -0.15) is 4.74 Å². The molecule has 0 amide bonds. The molecule has 0 atom stereocenters. The highest BCUT2D eigenvalue weighted by molar-refractivity contribution is 6.52. The second-order valence-corrected chi connectivity index (χ2v) is 4.43. The number of Topliss-reactive ketones (excluding diaryl/α,β-unsaturated/α-hetero) is 1. The third-order valence-electron chi connectivity index (χ3n) is 2.90. The first-order chi connectivity index (χ1) is 8.68. The van der Waals surface area contributed by atoms with Gasteiger partial charge < -0.3 is 5.21 Å². The monoisotopic (exact) mass is 257 g/mol. The van der Waals surface area contributed by atoms with Crippen molar-refractivity contribution < 1.29 is 9.53 Å². The van der Waals surface area contributed by atoms with E-state index in [1.54, 1.807) is 48.5 Å². The van der Waals surface area contributed by atoms with Gasteiger partial charge in [-0.05, 0) is 30.3 Å². The molecule has 0 fully saturated rings. The van der Waals surface area contributed by atoms with E-state index in [2.05, 4.69) is 0 Å². The number of hydrogen-bond acceptors (Lipinski definition) is 2. The molecular weight excluding hydrogens is 250 g/mol. The van der Waals surface area contributed by atoms with Gasteiger partial charge in [0.05, 0.1) is 5.56 Å². The number of ketones is 1. The summed E-state index contributed by atoms with van der Waals surface area (Å²) in [4.78, 5) is 12.2. The van der Waals surface area contributed by atoms with Crippen LogP contribution in [0.2, 0.25) is 5.02 Å². The molecule has 1 heterocycles. The number of rotatable bonds is 1. The fraction of sp³-hybridized carbons (Fsp3) is 0. The molecule has 0 spiro atoms. The number of carbonyl (C=O) groups is 1. The quantitative estimate of drug-likeness (QED) is 0.582. The summed E-state index contributed by atoms with van der Waals surface area (Å²) in [7, 11) is 0. The molecule has 0 bridgehead atoms. The summed E-state index contributed by atoms with van der Waals surface area (Å²) in [5, 5.41) is 12.7. The van der Waals surface area contributed by atoms with E-state index in [1.165, 1.54) is 0 Å². The Bertz CT molecular complexity index is 674. The van der Waals surface area contributed by atoms with E-state index in [1.807, 2.05) is 0 Å². The summed E-state index contributed by atoms with van der Waals surface area (Å²) in [6.45, 7) is 0. The van der Waals surface area contributed by atoms with E-state index in [0.717, 1.165) is 0 Å².